The van der Waals surface area contributed by atoms with Gasteiger partial charge in [-0.2, -0.15) is 57.1 Å². The summed E-state index contributed by atoms with van der Waals surface area (Å²) in [5.74, 6) is -39.2. The highest BCUT2D eigenvalue weighted by molar-refractivity contribution is 5.30. The zero-order valence-corrected chi connectivity index (χ0v) is 18.0. The van der Waals surface area contributed by atoms with Crippen LogP contribution < -0.4 is 4.74 Å². The molecule has 0 saturated heterocycles. The molecular formula is C21H21F13O. The van der Waals surface area contributed by atoms with Gasteiger partial charge in [-0.25, -0.2) is 0 Å². The van der Waals surface area contributed by atoms with Crippen LogP contribution in [0.5, 0.6) is 5.75 Å². The van der Waals surface area contributed by atoms with Gasteiger partial charge in [0.1, 0.15) is 5.75 Å². The molecule has 2 rings (SSSR count). The van der Waals surface area contributed by atoms with E-state index >= 15 is 0 Å². The van der Waals surface area contributed by atoms with E-state index in [1.807, 2.05) is 6.92 Å². The van der Waals surface area contributed by atoms with Gasteiger partial charge in [0, 0.05) is 5.92 Å². The minimum absolute atomic E-state index is 0.272. The Labute approximate surface area is 191 Å². The van der Waals surface area contributed by atoms with Crippen molar-refractivity contribution < 1.29 is 61.8 Å². The molecule has 0 aromatic heterocycles. The highest BCUT2D eigenvalue weighted by Crippen LogP contribution is 2.62. The maximum absolute atomic E-state index is 14.4. The quantitative estimate of drug-likeness (QED) is 0.288. The normalized spacial score (nSPS) is 21.2. The first-order valence-corrected chi connectivity index (χ1v) is 10.4. The molecule has 0 heterocycles. The van der Waals surface area contributed by atoms with E-state index in [1.165, 1.54) is 0 Å². The fourth-order valence-electron chi connectivity index (χ4n) is 3.88. The second-order valence-corrected chi connectivity index (χ2v) is 8.38. The number of alkyl halides is 13. The van der Waals surface area contributed by atoms with Crippen LogP contribution in [0.15, 0.2) is 24.3 Å². The molecule has 0 aliphatic heterocycles. The van der Waals surface area contributed by atoms with Crippen LogP contribution in [0, 0.1) is 5.92 Å². The third-order valence-electron chi connectivity index (χ3n) is 6.02. The van der Waals surface area contributed by atoms with Gasteiger partial charge < -0.3 is 4.74 Å². The van der Waals surface area contributed by atoms with Gasteiger partial charge in [0.2, 0.25) is 0 Å². The molecule has 0 bridgehead atoms. The van der Waals surface area contributed by atoms with Crippen LogP contribution in [0.2, 0.25) is 0 Å². The van der Waals surface area contributed by atoms with Crippen molar-refractivity contribution in [2.75, 3.05) is 6.61 Å². The molecule has 14 heteroatoms. The minimum atomic E-state index is -7.86. The maximum atomic E-state index is 14.4. The van der Waals surface area contributed by atoms with Crippen molar-refractivity contribution in [2.24, 2.45) is 5.92 Å². The minimum Gasteiger partial charge on any atom is -0.494 e. The molecule has 202 valence electrons. The van der Waals surface area contributed by atoms with Crippen molar-refractivity contribution in [3.63, 3.8) is 0 Å². The fourth-order valence-corrected chi connectivity index (χ4v) is 3.88. The van der Waals surface area contributed by atoms with Crippen LogP contribution in [0.1, 0.15) is 50.5 Å². The number of halogens is 13. The zero-order chi connectivity index (χ0) is 27.1. The lowest BCUT2D eigenvalue weighted by atomic mass is 9.74. The maximum Gasteiger partial charge on any atom is 0.460 e. The summed E-state index contributed by atoms with van der Waals surface area (Å²) in [7, 11) is 0. The predicted octanol–water partition coefficient (Wildman–Crippen LogP) is 8.49. The van der Waals surface area contributed by atoms with E-state index in [0.29, 0.717) is 17.9 Å². The van der Waals surface area contributed by atoms with Gasteiger partial charge in [-0.1, -0.05) is 19.1 Å². The first-order chi connectivity index (χ1) is 15.8. The Balaban J connectivity index is 2.21. The van der Waals surface area contributed by atoms with E-state index in [4.69, 9.17) is 4.74 Å². The average Bonchev–Trinajstić information content (AvgIpc) is 2.76. The molecule has 0 unspecified atom stereocenters. The van der Waals surface area contributed by atoms with E-state index < -0.39 is 60.5 Å². The molecule has 35 heavy (non-hydrogen) atoms. The van der Waals surface area contributed by atoms with E-state index in [9.17, 15) is 57.1 Å². The van der Waals surface area contributed by atoms with Gasteiger partial charge >= 0.3 is 35.8 Å². The highest BCUT2D eigenvalue weighted by Gasteiger charge is 2.91. The summed E-state index contributed by atoms with van der Waals surface area (Å²) in [6.45, 7) is 2.29. The lowest BCUT2D eigenvalue weighted by Gasteiger charge is -2.43. The molecule has 0 atom stereocenters. The van der Waals surface area contributed by atoms with Crippen molar-refractivity contribution in [1.29, 1.82) is 0 Å². The Morgan fingerprint density at radius 2 is 1.11 bits per heavy atom. The Bertz CT molecular complexity index is 838. The molecule has 0 spiro atoms. The molecule has 0 radical (unpaired) electrons. The summed E-state index contributed by atoms with van der Waals surface area (Å²) in [6, 6.07) is 6.25. The molecule has 1 aromatic rings. The van der Waals surface area contributed by atoms with Crippen LogP contribution in [0.3, 0.4) is 0 Å². The van der Waals surface area contributed by atoms with Crippen molar-refractivity contribution in [1.82, 2.24) is 0 Å². The van der Waals surface area contributed by atoms with Crippen LogP contribution >= 0.6 is 0 Å². The van der Waals surface area contributed by atoms with Crippen molar-refractivity contribution in [3.05, 3.63) is 29.8 Å². The molecule has 1 nitrogen and oxygen atoms in total. The van der Waals surface area contributed by atoms with Gasteiger partial charge in [-0.15, -0.1) is 0 Å². The average molecular weight is 536 g/mol. The molecule has 1 aromatic carbocycles. The SMILES string of the molecule is CCCOc1ccc([C@H]2CC[C@H](C(F)(F)C(F)(F)C(F)(F)C(F)(F)C(F)(F)C(F)(F)F)CC2)cc1. The van der Waals surface area contributed by atoms with Crippen LogP contribution in [-0.2, 0) is 0 Å². The van der Waals surface area contributed by atoms with E-state index in [-0.39, 0.29) is 12.8 Å². The molecule has 1 fully saturated rings. The Kier molecular flexibility index (Phi) is 7.99. The number of hydrogen-bond donors (Lipinski definition) is 0. The van der Waals surface area contributed by atoms with Crippen molar-refractivity contribution in [3.8, 4) is 5.75 Å². The molecule has 0 N–H and O–H groups in total. The van der Waals surface area contributed by atoms with Crippen LogP contribution in [-0.4, -0.2) is 42.4 Å². The summed E-state index contributed by atoms with van der Waals surface area (Å²) in [4.78, 5) is 0. The molecular weight excluding hydrogens is 515 g/mol. The number of hydrogen-bond acceptors (Lipinski definition) is 1. The van der Waals surface area contributed by atoms with Gasteiger partial charge in [0.25, 0.3) is 0 Å². The lowest BCUT2D eigenvalue weighted by molar-refractivity contribution is -0.443. The Hall–Kier alpha value is -1.89. The summed E-state index contributed by atoms with van der Waals surface area (Å²) in [5, 5.41) is 0. The van der Waals surface area contributed by atoms with Crippen molar-refractivity contribution in [2.45, 2.75) is 80.7 Å². The Morgan fingerprint density at radius 3 is 1.54 bits per heavy atom. The van der Waals surface area contributed by atoms with Gasteiger partial charge in [-0.3, -0.25) is 0 Å². The standard InChI is InChI=1S/C21H21F13O/c1-2-11-35-15-9-5-13(6-10-15)12-3-7-14(8-4-12)16(22,23)17(24,25)18(26,27)19(28,29)20(30,31)21(32,33)34/h5-6,9-10,12,14H,2-4,7-8,11H2,1H3/t12-,14-. The van der Waals surface area contributed by atoms with E-state index in [0.717, 1.165) is 6.42 Å². The molecule has 1 aliphatic rings. The smallest absolute Gasteiger partial charge is 0.460 e. The monoisotopic (exact) mass is 536 g/mol. The topological polar surface area (TPSA) is 9.23 Å². The highest BCUT2D eigenvalue weighted by atomic mass is 19.4. The zero-order valence-electron chi connectivity index (χ0n) is 18.0. The predicted molar refractivity (Wildman–Crippen MR) is 97.7 cm³/mol. The van der Waals surface area contributed by atoms with E-state index in [2.05, 4.69) is 0 Å². The van der Waals surface area contributed by atoms with Gasteiger partial charge in [0.15, 0.2) is 0 Å². The second-order valence-electron chi connectivity index (χ2n) is 8.38. The number of benzene rings is 1. The second kappa shape index (κ2) is 9.53. The largest absolute Gasteiger partial charge is 0.494 e. The summed E-state index contributed by atoms with van der Waals surface area (Å²) >= 11 is 0. The number of rotatable bonds is 9. The lowest BCUT2D eigenvalue weighted by Crippen LogP contribution is -2.71. The summed E-state index contributed by atoms with van der Waals surface area (Å²) in [6.07, 6.45) is -9.00. The molecule has 1 saturated carbocycles. The first kappa shape index (κ1) is 29.3. The fraction of sp³-hybridized carbons (Fsp3) is 0.714. The number of ether oxygens (including phenoxy) is 1. The third-order valence-corrected chi connectivity index (χ3v) is 6.02. The van der Waals surface area contributed by atoms with Crippen molar-refractivity contribution >= 4 is 0 Å². The Morgan fingerprint density at radius 1 is 0.657 bits per heavy atom. The van der Waals surface area contributed by atoms with Gasteiger partial charge in [-0.05, 0) is 55.7 Å². The molecule has 1 aliphatic carbocycles. The van der Waals surface area contributed by atoms with E-state index in [1.54, 1.807) is 24.3 Å². The van der Waals surface area contributed by atoms with Crippen LogP contribution in [0.4, 0.5) is 57.1 Å². The molecule has 0 amide bonds. The first-order valence-electron chi connectivity index (χ1n) is 10.4. The van der Waals surface area contributed by atoms with Crippen LogP contribution in [0.25, 0.3) is 0 Å². The summed E-state index contributed by atoms with van der Waals surface area (Å²) in [5.41, 5.74) is 0.573. The third kappa shape index (κ3) is 4.90. The summed E-state index contributed by atoms with van der Waals surface area (Å²) < 4.78 is 179. The van der Waals surface area contributed by atoms with Gasteiger partial charge in [0.05, 0.1) is 6.61 Å².